The van der Waals surface area contributed by atoms with Gasteiger partial charge >= 0.3 is 6.18 Å². The Bertz CT molecular complexity index is 1180. The summed E-state index contributed by atoms with van der Waals surface area (Å²) in [4.78, 5) is 21.3. The Morgan fingerprint density at radius 3 is 2.66 bits per heavy atom. The van der Waals surface area contributed by atoms with Crippen LogP contribution in [-0.2, 0) is 21.7 Å². The van der Waals surface area contributed by atoms with Crippen LogP contribution in [0.5, 0.6) is 0 Å². The van der Waals surface area contributed by atoms with Gasteiger partial charge in [-0.15, -0.1) is 0 Å². The van der Waals surface area contributed by atoms with Gasteiger partial charge in [0.25, 0.3) is 11.6 Å². The first-order chi connectivity index (χ1) is 15.2. The van der Waals surface area contributed by atoms with Gasteiger partial charge in [-0.2, -0.15) is 13.2 Å². The summed E-state index contributed by atoms with van der Waals surface area (Å²) in [6.45, 7) is 4.31. The molecule has 32 heavy (non-hydrogen) atoms. The number of nitrogens with one attached hydrogen (secondary N) is 3. The molecule has 1 atom stereocenters. The minimum atomic E-state index is -4.94. The average Bonchev–Trinajstić information content (AvgIpc) is 3.20. The van der Waals surface area contributed by atoms with Gasteiger partial charge in [0.1, 0.15) is 5.82 Å². The van der Waals surface area contributed by atoms with Crippen LogP contribution in [0.3, 0.4) is 0 Å². The third-order valence-electron chi connectivity index (χ3n) is 5.51. The number of ether oxygens (including phenoxy) is 1. The van der Waals surface area contributed by atoms with Gasteiger partial charge in [0.2, 0.25) is 5.95 Å². The van der Waals surface area contributed by atoms with Crippen LogP contribution in [0.15, 0.2) is 30.3 Å². The predicted molar refractivity (Wildman–Crippen MR) is 113 cm³/mol. The molecular formula is C21H23F3N6O2. The van der Waals surface area contributed by atoms with Crippen molar-refractivity contribution in [2.24, 2.45) is 0 Å². The summed E-state index contributed by atoms with van der Waals surface area (Å²) in [6.07, 6.45) is -4.94. The maximum Gasteiger partial charge on any atom is 0.435 e. The van der Waals surface area contributed by atoms with E-state index in [2.05, 4.69) is 25.9 Å². The Hall–Kier alpha value is -3.18. The summed E-state index contributed by atoms with van der Waals surface area (Å²) >= 11 is 0. The van der Waals surface area contributed by atoms with Gasteiger partial charge in [0, 0.05) is 20.2 Å². The molecule has 3 aromatic rings. The molecule has 0 aliphatic carbocycles. The number of imidazole rings is 1. The van der Waals surface area contributed by atoms with Crippen molar-refractivity contribution in [2.75, 3.05) is 30.9 Å². The van der Waals surface area contributed by atoms with E-state index in [4.69, 9.17) is 4.74 Å². The van der Waals surface area contributed by atoms with Gasteiger partial charge in [-0.3, -0.25) is 20.0 Å². The fraction of sp³-hybridized carbons (Fsp3) is 0.381. The van der Waals surface area contributed by atoms with E-state index in [1.807, 2.05) is 6.92 Å². The van der Waals surface area contributed by atoms with E-state index in [0.29, 0.717) is 30.2 Å². The van der Waals surface area contributed by atoms with Crippen LogP contribution in [0.4, 0.5) is 24.9 Å². The topological polar surface area (TPSA) is 93.1 Å². The van der Waals surface area contributed by atoms with E-state index < -0.39 is 17.7 Å². The van der Waals surface area contributed by atoms with Crippen molar-refractivity contribution in [2.45, 2.75) is 32.2 Å². The van der Waals surface area contributed by atoms with Crippen molar-refractivity contribution < 1.29 is 22.7 Å². The Kier molecular flexibility index (Phi) is 5.55. The normalized spacial score (nSPS) is 18.1. The molecule has 0 radical (unpaired) electrons. The lowest BCUT2D eigenvalue weighted by molar-refractivity contribution is -0.217. The maximum atomic E-state index is 14.5. The second-order valence-corrected chi connectivity index (χ2v) is 7.65. The molecule has 2 aromatic heterocycles. The summed E-state index contributed by atoms with van der Waals surface area (Å²) in [5.74, 6) is -0.886. The summed E-state index contributed by atoms with van der Waals surface area (Å²) in [7, 11) is 1.57. The smallest absolute Gasteiger partial charge is 0.383 e. The number of aryl methyl sites for hydroxylation is 2. The molecule has 0 fully saturated rings. The molecule has 3 heterocycles. The van der Waals surface area contributed by atoms with Crippen molar-refractivity contribution in [1.29, 1.82) is 0 Å². The van der Waals surface area contributed by atoms with E-state index in [0.717, 1.165) is 15.7 Å². The number of nitrogens with zero attached hydrogens (tertiary/aromatic N) is 3. The molecule has 0 spiro atoms. The SMILES string of the molecule is COCCNc1cccc(CNC2(C(F)(F)F)C(=O)Nc3nc4cc(C)c(C)cc4n32)n1. The zero-order chi connectivity index (χ0) is 23.1. The van der Waals surface area contributed by atoms with Crippen molar-refractivity contribution in [1.82, 2.24) is 19.9 Å². The number of methoxy groups -OCH3 is 1. The highest BCUT2D eigenvalue weighted by Crippen LogP contribution is 2.44. The number of carbonyl (C=O) groups excluding carboxylic acids is 1. The first-order valence-electron chi connectivity index (χ1n) is 9.99. The van der Waals surface area contributed by atoms with Crippen LogP contribution in [0.1, 0.15) is 16.8 Å². The number of carbonyl (C=O) groups is 1. The van der Waals surface area contributed by atoms with E-state index in [1.165, 1.54) is 0 Å². The Morgan fingerprint density at radius 1 is 1.19 bits per heavy atom. The van der Waals surface area contributed by atoms with E-state index in [-0.39, 0.29) is 18.0 Å². The third kappa shape index (κ3) is 3.56. The number of benzene rings is 1. The number of aromatic nitrogens is 3. The van der Waals surface area contributed by atoms with Crippen molar-refractivity contribution in [3.63, 3.8) is 0 Å². The van der Waals surface area contributed by atoms with Gasteiger partial charge in [0.15, 0.2) is 0 Å². The number of fused-ring (bicyclic) bond motifs is 3. The molecule has 1 aliphatic heterocycles. The first kappa shape index (κ1) is 22.0. The van der Waals surface area contributed by atoms with Gasteiger partial charge < -0.3 is 10.1 Å². The molecule has 0 saturated heterocycles. The number of pyridine rings is 1. The van der Waals surface area contributed by atoms with Crippen molar-refractivity contribution in [3.05, 3.63) is 47.2 Å². The third-order valence-corrected chi connectivity index (χ3v) is 5.51. The highest BCUT2D eigenvalue weighted by molar-refractivity contribution is 6.03. The average molecular weight is 448 g/mol. The number of alkyl halides is 3. The van der Waals surface area contributed by atoms with Crippen LogP contribution in [0.25, 0.3) is 11.0 Å². The lowest BCUT2D eigenvalue weighted by atomic mass is 10.1. The Morgan fingerprint density at radius 2 is 1.94 bits per heavy atom. The molecule has 11 heteroatoms. The lowest BCUT2D eigenvalue weighted by Gasteiger charge is -2.32. The molecule has 0 saturated carbocycles. The highest BCUT2D eigenvalue weighted by Gasteiger charge is 2.66. The number of hydrogen-bond donors (Lipinski definition) is 3. The molecular weight excluding hydrogens is 425 g/mol. The van der Waals surface area contributed by atoms with Gasteiger partial charge in [-0.25, -0.2) is 9.97 Å². The quantitative estimate of drug-likeness (QED) is 0.481. The molecule has 3 N–H and O–H groups in total. The molecule has 8 nitrogen and oxygen atoms in total. The van der Waals surface area contributed by atoms with Gasteiger partial charge in [-0.05, 0) is 49.2 Å². The summed E-state index contributed by atoms with van der Waals surface area (Å²) in [5.41, 5.74) is -0.385. The van der Waals surface area contributed by atoms with Crippen LogP contribution in [-0.4, -0.2) is 46.9 Å². The summed E-state index contributed by atoms with van der Waals surface area (Å²) < 4.78 is 49.4. The Balaban J connectivity index is 1.72. The number of rotatable bonds is 7. The number of halogens is 3. The van der Waals surface area contributed by atoms with Crippen LogP contribution in [0.2, 0.25) is 0 Å². The van der Waals surface area contributed by atoms with E-state index in [1.54, 1.807) is 44.4 Å². The fourth-order valence-electron chi connectivity index (χ4n) is 3.74. The summed E-state index contributed by atoms with van der Waals surface area (Å²) in [5, 5.41) is 7.75. The van der Waals surface area contributed by atoms with Gasteiger partial charge in [-0.1, -0.05) is 6.07 Å². The Labute approximate surface area is 182 Å². The maximum absolute atomic E-state index is 14.5. The number of hydrogen-bond acceptors (Lipinski definition) is 6. The van der Waals surface area contributed by atoms with Crippen LogP contribution >= 0.6 is 0 Å². The second-order valence-electron chi connectivity index (χ2n) is 7.65. The van der Waals surface area contributed by atoms with Gasteiger partial charge in [0.05, 0.1) is 23.3 Å². The monoisotopic (exact) mass is 448 g/mol. The van der Waals surface area contributed by atoms with Crippen molar-refractivity contribution >= 4 is 28.7 Å². The van der Waals surface area contributed by atoms with E-state index >= 15 is 0 Å². The molecule has 170 valence electrons. The molecule has 1 aliphatic rings. The van der Waals surface area contributed by atoms with Crippen LogP contribution < -0.4 is 16.0 Å². The molecule has 4 rings (SSSR count). The highest BCUT2D eigenvalue weighted by atomic mass is 19.4. The fourth-order valence-corrected chi connectivity index (χ4v) is 3.74. The predicted octanol–water partition coefficient (Wildman–Crippen LogP) is 3.06. The number of anilines is 2. The second kappa shape index (κ2) is 8.06. The zero-order valence-electron chi connectivity index (χ0n) is 17.8. The zero-order valence-corrected chi connectivity index (χ0v) is 17.8. The lowest BCUT2D eigenvalue weighted by Crippen LogP contribution is -2.61. The van der Waals surface area contributed by atoms with E-state index in [9.17, 15) is 18.0 Å². The number of amides is 1. The minimum Gasteiger partial charge on any atom is -0.383 e. The summed E-state index contributed by atoms with van der Waals surface area (Å²) in [6, 6.07) is 8.29. The molecule has 1 amide bonds. The molecule has 1 unspecified atom stereocenters. The van der Waals surface area contributed by atoms with Crippen molar-refractivity contribution in [3.8, 4) is 0 Å². The standard InChI is InChI=1S/C21H23F3N6O2/c1-12-9-15-16(10-13(12)2)30-19(28-15)29-18(31)20(30,21(22,23)24)26-11-14-5-4-6-17(27-14)25-7-8-32-3/h4-6,9-10,26H,7-8,11H2,1-3H3,(H,25,27)(H,28,29,31). The minimum absolute atomic E-state index is 0.150. The first-order valence-corrected chi connectivity index (χ1v) is 9.99. The molecule has 1 aromatic carbocycles. The van der Waals surface area contributed by atoms with Crippen LogP contribution in [0, 0.1) is 13.8 Å². The molecule has 0 bridgehead atoms. The largest absolute Gasteiger partial charge is 0.435 e.